The lowest BCUT2D eigenvalue weighted by atomic mass is 10.1. The maximum absolute atomic E-state index is 6.57. The molecule has 0 heterocycles. The summed E-state index contributed by atoms with van der Waals surface area (Å²) < 4.78 is 13.1. The van der Waals surface area contributed by atoms with E-state index in [1.54, 1.807) is 0 Å². The summed E-state index contributed by atoms with van der Waals surface area (Å²) in [7, 11) is -3.01. The quantitative estimate of drug-likeness (QED) is 0.651. The van der Waals surface area contributed by atoms with Gasteiger partial charge in [0.15, 0.2) is 16.6 Å². The molecule has 0 aromatic carbocycles. The Morgan fingerprint density at radius 2 is 1.11 bits per heavy atom. The molecule has 0 saturated heterocycles. The van der Waals surface area contributed by atoms with E-state index in [0.29, 0.717) is 24.0 Å². The molecule has 4 heteroatoms. The normalized spacial score (nSPS) is 32.8. The second kappa shape index (κ2) is 6.41. The third kappa shape index (κ3) is 4.69. The van der Waals surface area contributed by atoms with Gasteiger partial charge in [0, 0.05) is 0 Å². The minimum Gasteiger partial charge on any atom is -0.412 e. The van der Waals surface area contributed by atoms with Gasteiger partial charge >= 0.3 is 0 Å². The molecule has 4 unspecified atom stereocenters. The highest BCUT2D eigenvalue weighted by Crippen LogP contribution is 2.39. The van der Waals surface area contributed by atoms with Crippen molar-refractivity contribution in [2.45, 2.75) is 84.6 Å². The van der Waals surface area contributed by atoms with E-state index in [1.807, 2.05) is 0 Å². The number of hydrogen-bond acceptors (Lipinski definition) is 2. The summed E-state index contributed by atoms with van der Waals surface area (Å²) in [4.78, 5) is 0. The Kier molecular flexibility index (Phi) is 5.88. The summed E-state index contributed by atoms with van der Waals surface area (Å²) >= 11 is 0. The van der Waals surface area contributed by atoms with Crippen molar-refractivity contribution in [2.24, 2.45) is 11.8 Å². The Morgan fingerprint density at radius 1 is 0.789 bits per heavy atom. The van der Waals surface area contributed by atoms with Crippen LogP contribution in [-0.2, 0) is 8.85 Å². The van der Waals surface area contributed by atoms with Gasteiger partial charge in [0.25, 0.3) is 0 Å². The number of hydrogen-bond donors (Lipinski definition) is 0. The third-order valence-corrected chi connectivity index (χ3v) is 10.0. The standard InChI is InChI=1S/C15H34O2Si2/c1-9-18(5,6)16-14-12(3)11-13(4)15(14)17-19(7,8)10-2/h12-15H,9-11H2,1-8H3. The average molecular weight is 303 g/mol. The molecule has 0 N–H and O–H groups in total. The maximum atomic E-state index is 6.57. The molecule has 1 fully saturated rings. The van der Waals surface area contributed by atoms with Gasteiger partial charge in [-0.15, -0.1) is 0 Å². The van der Waals surface area contributed by atoms with Crippen LogP contribution >= 0.6 is 0 Å². The monoisotopic (exact) mass is 302 g/mol. The molecule has 0 radical (unpaired) electrons. The SMILES string of the molecule is CC[Si](C)(C)OC1C(C)CC(C)C1O[Si](C)(C)CC. The van der Waals surface area contributed by atoms with Crippen molar-refractivity contribution in [1.29, 1.82) is 0 Å². The van der Waals surface area contributed by atoms with Gasteiger partial charge in [0.1, 0.15) is 0 Å². The Bertz CT molecular complexity index is 264. The van der Waals surface area contributed by atoms with E-state index in [2.05, 4.69) is 53.9 Å². The smallest absolute Gasteiger partial charge is 0.187 e. The first-order chi connectivity index (χ1) is 8.62. The highest BCUT2D eigenvalue weighted by molar-refractivity contribution is 6.71. The second-order valence-electron chi connectivity index (χ2n) is 7.58. The lowest BCUT2D eigenvalue weighted by Gasteiger charge is -2.36. The molecular weight excluding hydrogens is 268 g/mol. The zero-order chi connectivity index (χ0) is 14.8. The fourth-order valence-electron chi connectivity index (χ4n) is 2.77. The first-order valence-corrected chi connectivity index (χ1v) is 14.2. The lowest BCUT2D eigenvalue weighted by Crippen LogP contribution is -2.46. The molecular formula is C15H34O2Si2. The van der Waals surface area contributed by atoms with Gasteiger partial charge in [-0.3, -0.25) is 0 Å². The van der Waals surface area contributed by atoms with E-state index < -0.39 is 16.6 Å². The molecule has 0 spiro atoms. The van der Waals surface area contributed by atoms with Gasteiger partial charge in [0.2, 0.25) is 0 Å². The molecule has 0 aromatic heterocycles. The van der Waals surface area contributed by atoms with Crippen LogP contribution in [0.25, 0.3) is 0 Å². The fraction of sp³-hybridized carbons (Fsp3) is 1.00. The average Bonchev–Trinajstić information content (AvgIpc) is 2.55. The molecule has 0 aliphatic heterocycles. The molecule has 1 saturated carbocycles. The van der Waals surface area contributed by atoms with E-state index in [4.69, 9.17) is 8.85 Å². The summed E-state index contributed by atoms with van der Waals surface area (Å²) in [5.41, 5.74) is 0. The Balaban J connectivity index is 2.80. The molecule has 19 heavy (non-hydrogen) atoms. The van der Waals surface area contributed by atoms with Crippen LogP contribution in [0.5, 0.6) is 0 Å². The zero-order valence-corrected chi connectivity index (χ0v) is 16.2. The second-order valence-corrected chi connectivity index (χ2v) is 16.5. The topological polar surface area (TPSA) is 18.5 Å². The van der Waals surface area contributed by atoms with Gasteiger partial charge in [0.05, 0.1) is 12.2 Å². The van der Waals surface area contributed by atoms with Crippen molar-refractivity contribution in [3.05, 3.63) is 0 Å². The van der Waals surface area contributed by atoms with Gasteiger partial charge in [-0.2, -0.15) is 0 Å². The first kappa shape index (κ1) is 17.4. The van der Waals surface area contributed by atoms with Gasteiger partial charge < -0.3 is 8.85 Å². The van der Waals surface area contributed by atoms with E-state index in [-0.39, 0.29) is 0 Å². The highest BCUT2D eigenvalue weighted by atomic mass is 28.4. The number of rotatable bonds is 6. The molecule has 4 atom stereocenters. The van der Waals surface area contributed by atoms with Crippen molar-refractivity contribution < 1.29 is 8.85 Å². The molecule has 2 nitrogen and oxygen atoms in total. The predicted octanol–water partition coefficient (Wildman–Crippen LogP) is 4.88. The third-order valence-electron chi connectivity index (χ3n) is 4.80. The molecule has 0 aromatic rings. The van der Waals surface area contributed by atoms with Crippen LogP contribution in [0.15, 0.2) is 0 Å². The maximum Gasteiger partial charge on any atom is 0.187 e. The minimum absolute atomic E-state index is 0.329. The van der Waals surface area contributed by atoms with Crippen LogP contribution in [-0.4, -0.2) is 28.8 Å². The summed E-state index contributed by atoms with van der Waals surface area (Å²) in [6, 6.07) is 2.37. The van der Waals surface area contributed by atoms with Crippen molar-refractivity contribution in [3.63, 3.8) is 0 Å². The van der Waals surface area contributed by atoms with Gasteiger partial charge in [-0.1, -0.05) is 27.7 Å². The van der Waals surface area contributed by atoms with Crippen molar-refractivity contribution in [1.82, 2.24) is 0 Å². The molecule has 0 bridgehead atoms. The van der Waals surface area contributed by atoms with Crippen molar-refractivity contribution >= 4 is 16.6 Å². The van der Waals surface area contributed by atoms with Gasteiger partial charge in [-0.25, -0.2) is 0 Å². The van der Waals surface area contributed by atoms with Crippen molar-refractivity contribution in [2.75, 3.05) is 0 Å². The van der Waals surface area contributed by atoms with Gasteiger partial charge in [-0.05, 0) is 56.5 Å². The van der Waals surface area contributed by atoms with E-state index in [1.165, 1.54) is 18.5 Å². The summed E-state index contributed by atoms with van der Waals surface area (Å²) in [5, 5.41) is 0. The largest absolute Gasteiger partial charge is 0.412 e. The fourth-order valence-corrected chi connectivity index (χ4v) is 5.31. The van der Waals surface area contributed by atoms with Crippen LogP contribution in [0.3, 0.4) is 0 Å². The van der Waals surface area contributed by atoms with E-state index >= 15 is 0 Å². The summed E-state index contributed by atoms with van der Waals surface area (Å²) in [6.07, 6.45) is 1.91. The summed E-state index contributed by atoms with van der Waals surface area (Å²) in [6.45, 7) is 18.5. The van der Waals surface area contributed by atoms with E-state index in [9.17, 15) is 0 Å². The van der Waals surface area contributed by atoms with Crippen molar-refractivity contribution in [3.8, 4) is 0 Å². The lowest BCUT2D eigenvalue weighted by molar-refractivity contribution is 0.0316. The molecule has 114 valence electrons. The van der Waals surface area contributed by atoms with Crippen LogP contribution in [0.2, 0.25) is 38.3 Å². The highest BCUT2D eigenvalue weighted by Gasteiger charge is 2.44. The van der Waals surface area contributed by atoms with Crippen LogP contribution in [0, 0.1) is 11.8 Å². The molecule has 0 amide bonds. The predicted molar refractivity (Wildman–Crippen MR) is 88.6 cm³/mol. The Hall–Kier alpha value is 0.354. The summed E-state index contributed by atoms with van der Waals surface area (Å²) in [5.74, 6) is 1.28. The zero-order valence-electron chi connectivity index (χ0n) is 14.2. The first-order valence-electron chi connectivity index (χ1n) is 7.97. The Morgan fingerprint density at radius 3 is 1.37 bits per heavy atom. The van der Waals surface area contributed by atoms with Crippen LogP contribution < -0.4 is 0 Å². The minimum atomic E-state index is -1.51. The Labute approximate surface area is 122 Å². The molecule has 1 aliphatic carbocycles. The van der Waals surface area contributed by atoms with E-state index in [0.717, 1.165) is 0 Å². The molecule has 1 rings (SSSR count). The van der Waals surface area contributed by atoms with Crippen LogP contribution in [0.1, 0.15) is 34.1 Å². The van der Waals surface area contributed by atoms with Crippen LogP contribution in [0.4, 0.5) is 0 Å². The molecule has 1 aliphatic rings.